The van der Waals surface area contributed by atoms with E-state index in [2.05, 4.69) is 21.5 Å². The molecule has 0 spiro atoms. The summed E-state index contributed by atoms with van der Waals surface area (Å²) >= 11 is 1.56. The Morgan fingerprint density at radius 1 is 1.22 bits per heavy atom. The fourth-order valence-electron chi connectivity index (χ4n) is 1.99. The number of fused-ring (bicyclic) bond motifs is 1. The molecule has 3 rings (SSSR count). The van der Waals surface area contributed by atoms with Crippen molar-refractivity contribution in [3.63, 3.8) is 0 Å². The first kappa shape index (κ1) is 11.3. The summed E-state index contributed by atoms with van der Waals surface area (Å²) in [5, 5.41) is 3.10. The van der Waals surface area contributed by atoms with E-state index in [0.29, 0.717) is 0 Å². The van der Waals surface area contributed by atoms with Crippen molar-refractivity contribution in [2.75, 3.05) is 0 Å². The van der Waals surface area contributed by atoms with Crippen LogP contribution in [0.3, 0.4) is 0 Å². The molecule has 0 saturated heterocycles. The molecule has 0 amide bonds. The van der Waals surface area contributed by atoms with Crippen LogP contribution in [0.2, 0.25) is 0 Å². The van der Waals surface area contributed by atoms with Crippen molar-refractivity contribution in [1.29, 1.82) is 0 Å². The molecule has 2 heterocycles. The van der Waals surface area contributed by atoms with Gasteiger partial charge in [-0.15, -0.1) is 11.3 Å². The van der Waals surface area contributed by atoms with E-state index < -0.39 is 0 Å². The number of thiazole rings is 1. The van der Waals surface area contributed by atoms with E-state index in [1.54, 1.807) is 17.5 Å². The van der Waals surface area contributed by atoms with E-state index >= 15 is 0 Å². The minimum atomic E-state index is -0.0825. The summed E-state index contributed by atoms with van der Waals surface area (Å²) in [6, 6.07) is 10.0. The van der Waals surface area contributed by atoms with Crippen LogP contribution in [0, 0.1) is 0 Å². The number of rotatable bonds is 3. The van der Waals surface area contributed by atoms with Crippen molar-refractivity contribution in [2.24, 2.45) is 5.84 Å². The number of nitrogens with zero attached hydrogens (tertiary/aromatic N) is 2. The van der Waals surface area contributed by atoms with Gasteiger partial charge in [0, 0.05) is 17.0 Å². The Kier molecular flexibility index (Phi) is 3.02. The number of nitrogens with two attached hydrogens (primary N) is 1. The van der Waals surface area contributed by atoms with Crippen LogP contribution in [0.1, 0.15) is 17.3 Å². The third-order valence-corrected chi connectivity index (χ3v) is 3.48. The van der Waals surface area contributed by atoms with Crippen LogP contribution in [0.5, 0.6) is 0 Å². The Balaban J connectivity index is 2.07. The van der Waals surface area contributed by atoms with Crippen molar-refractivity contribution in [2.45, 2.75) is 6.04 Å². The highest BCUT2D eigenvalue weighted by atomic mass is 32.1. The smallest absolute Gasteiger partial charge is 0.0890 e. The largest absolute Gasteiger partial charge is 0.271 e. The predicted molar refractivity (Wildman–Crippen MR) is 73.0 cm³/mol. The lowest BCUT2D eigenvalue weighted by Crippen LogP contribution is -2.29. The lowest BCUT2D eigenvalue weighted by molar-refractivity contribution is 0.624. The van der Waals surface area contributed by atoms with Crippen molar-refractivity contribution in [3.05, 3.63) is 58.7 Å². The fourth-order valence-corrected chi connectivity index (χ4v) is 2.57. The van der Waals surface area contributed by atoms with Gasteiger partial charge < -0.3 is 0 Å². The van der Waals surface area contributed by atoms with Crippen LogP contribution in [0.25, 0.3) is 10.9 Å². The fraction of sp³-hybridized carbons (Fsp3) is 0.0769. The highest BCUT2D eigenvalue weighted by molar-refractivity contribution is 7.07. The van der Waals surface area contributed by atoms with Gasteiger partial charge >= 0.3 is 0 Å². The van der Waals surface area contributed by atoms with Gasteiger partial charge in [-0.05, 0) is 23.8 Å². The standard InChI is InChI=1S/C13H12N4S/c14-17-13(12-7-18-8-16-12)10-3-4-11-9(6-10)2-1-5-15-11/h1-8,13,17H,14H2. The summed E-state index contributed by atoms with van der Waals surface area (Å²) in [4.78, 5) is 8.61. The zero-order valence-electron chi connectivity index (χ0n) is 9.58. The van der Waals surface area contributed by atoms with Gasteiger partial charge in [0.25, 0.3) is 0 Å². The first-order valence-corrected chi connectivity index (χ1v) is 6.51. The Bertz CT molecular complexity index is 651. The molecule has 0 aliphatic heterocycles. The normalized spacial score (nSPS) is 12.7. The van der Waals surface area contributed by atoms with Gasteiger partial charge in [0.05, 0.1) is 22.8 Å². The van der Waals surface area contributed by atoms with Crippen LogP contribution in [0.15, 0.2) is 47.4 Å². The topological polar surface area (TPSA) is 63.8 Å². The highest BCUT2D eigenvalue weighted by Crippen LogP contribution is 2.24. The molecular formula is C13H12N4S. The number of pyridine rings is 1. The first-order valence-electron chi connectivity index (χ1n) is 5.57. The molecule has 2 aromatic heterocycles. The van der Waals surface area contributed by atoms with Gasteiger partial charge in [-0.1, -0.05) is 12.1 Å². The molecule has 0 radical (unpaired) electrons. The first-order chi connectivity index (χ1) is 8.88. The zero-order chi connectivity index (χ0) is 12.4. The minimum absolute atomic E-state index is 0.0825. The Morgan fingerprint density at radius 3 is 2.94 bits per heavy atom. The van der Waals surface area contributed by atoms with Crippen LogP contribution in [0.4, 0.5) is 0 Å². The second-order valence-corrected chi connectivity index (χ2v) is 4.69. The quantitative estimate of drug-likeness (QED) is 0.557. The van der Waals surface area contributed by atoms with Crippen molar-refractivity contribution < 1.29 is 0 Å². The number of nitrogens with one attached hydrogen (secondary N) is 1. The number of hydrogen-bond donors (Lipinski definition) is 2. The maximum absolute atomic E-state index is 5.64. The summed E-state index contributed by atoms with van der Waals surface area (Å²) < 4.78 is 0. The molecule has 90 valence electrons. The molecule has 1 aromatic carbocycles. The molecule has 0 fully saturated rings. The third kappa shape index (κ3) is 1.99. The lowest BCUT2D eigenvalue weighted by atomic mass is 10.0. The van der Waals surface area contributed by atoms with E-state index in [1.807, 2.05) is 35.2 Å². The van der Waals surface area contributed by atoms with E-state index in [9.17, 15) is 0 Å². The second kappa shape index (κ2) is 4.81. The molecule has 0 aliphatic rings. The molecule has 3 N–H and O–H groups in total. The number of hydrogen-bond acceptors (Lipinski definition) is 5. The SMILES string of the molecule is NNC(c1ccc2ncccc2c1)c1cscn1. The van der Waals surface area contributed by atoms with E-state index in [1.165, 1.54) is 0 Å². The van der Waals surface area contributed by atoms with Gasteiger partial charge in [0.1, 0.15) is 0 Å². The molecule has 0 saturated carbocycles. The molecule has 1 atom stereocenters. The van der Waals surface area contributed by atoms with E-state index in [-0.39, 0.29) is 6.04 Å². The zero-order valence-corrected chi connectivity index (χ0v) is 10.4. The number of aromatic nitrogens is 2. The van der Waals surface area contributed by atoms with Crippen LogP contribution in [-0.2, 0) is 0 Å². The summed E-state index contributed by atoms with van der Waals surface area (Å²) in [6.07, 6.45) is 1.79. The van der Waals surface area contributed by atoms with Crippen LogP contribution in [-0.4, -0.2) is 9.97 Å². The molecular weight excluding hydrogens is 244 g/mol. The van der Waals surface area contributed by atoms with Crippen LogP contribution >= 0.6 is 11.3 Å². The van der Waals surface area contributed by atoms with Gasteiger partial charge in [-0.2, -0.15) is 0 Å². The molecule has 4 nitrogen and oxygen atoms in total. The molecule has 18 heavy (non-hydrogen) atoms. The van der Waals surface area contributed by atoms with Crippen molar-refractivity contribution in [3.8, 4) is 0 Å². The maximum Gasteiger partial charge on any atom is 0.0890 e. The number of hydrazine groups is 1. The second-order valence-electron chi connectivity index (χ2n) is 3.97. The highest BCUT2D eigenvalue weighted by Gasteiger charge is 2.14. The van der Waals surface area contributed by atoms with E-state index in [4.69, 9.17) is 5.84 Å². The Labute approximate surface area is 108 Å². The summed E-state index contributed by atoms with van der Waals surface area (Å²) in [5.41, 5.74) is 7.62. The average molecular weight is 256 g/mol. The summed E-state index contributed by atoms with van der Waals surface area (Å²) in [5.74, 6) is 5.64. The lowest BCUT2D eigenvalue weighted by Gasteiger charge is -2.14. The summed E-state index contributed by atoms with van der Waals surface area (Å²) in [6.45, 7) is 0. The van der Waals surface area contributed by atoms with Crippen molar-refractivity contribution in [1.82, 2.24) is 15.4 Å². The summed E-state index contributed by atoms with van der Waals surface area (Å²) in [7, 11) is 0. The monoisotopic (exact) mass is 256 g/mol. The third-order valence-electron chi connectivity index (χ3n) is 2.87. The molecule has 0 bridgehead atoms. The molecule has 1 unspecified atom stereocenters. The van der Waals surface area contributed by atoms with Crippen LogP contribution < -0.4 is 11.3 Å². The minimum Gasteiger partial charge on any atom is -0.271 e. The van der Waals surface area contributed by atoms with Gasteiger partial charge in [0.2, 0.25) is 0 Å². The van der Waals surface area contributed by atoms with Crippen molar-refractivity contribution >= 4 is 22.2 Å². The van der Waals surface area contributed by atoms with E-state index in [0.717, 1.165) is 22.2 Å². The molecule has 5 heteroatoms. The maximum atomic E-state index is 5.64. The predicted octanol–water partition coefficient (Wildman–Crippen LogP) is 2.24. The Morgan fingerprint density at radius 2 is 2.17 bits per heavy atom. The average Bonchev–Trinajstić information content (AvgIpc) is 2.93. The van der Waals surface area contributed by atoms with Gasteiger partial charge in [0.15, 0.2) is 0 Å². The molecule has 0 aliphatic carbocycles. The van der Waals surface area contributed by atoms with Gasteiger partial charge in [-0.3, -0.25) is 10.8 Å². The number of benzene rings is 1. The Hall–Kier alpha value is -1.82. The van der Waals surface area contributed by atoms with Gasteiger partial charge in [-0.25, -0.2) is 10.4 Å². The molecule has 3 aromatic rings.